The SMILES string of the molecule is CCc1nc([C@@H]2CCc3ccc([C@H](C4CC4)[C@H](C)C(=O)O)cc3O2)cnc1-c1cc(OC)ncc1F. The molecule has 2 aliphatic rings. The number of methoxy groups -OCH3 is 1. The number of benzene rings is 1. The van der Waals surface area contributed by atoms with Crippen LogP contribution in [-0.2, 0) is 17.6 Å². The van der Waals surface area contributed by atoms with Crippen molar-refractivity contribution >= 4 is 5.97 Å². The zero-order chi connectivity index (χ0) is 25.4. The van der Waals surface area contributed by atoms with Crippen molar-refractivity contribution in [2.75, 3.05) is 7.11 Å². The molecule has 0 spiro atoms. The Labute approximate surface area is 209 Å². The molecular formula is C28H30FN3O4. The summed E-state index contributed by atoms with van der Waals surface area (Å²) in [6, 6.07) is 7.68. The van der Waals surface area contributed by atoms with E-state index >= 15 is 0 Å². The minimum absolute atomic E-state index is 0.0187. The van der Waals surface area contributed by atoms with E-state index in [1.807, 2.05) is 13.0 Å². The normalized spacial score (nSPS) is 18.6. The van der Waals surface area contributed by atoms with Crippen molar-refractivity contribution in [2.24, 2.45) is 11.8 Å². The summed E-state index contributed by atoms with van der Waals surface area (Å²) in [6.07, 6.45) is 6.77. The fourth-order valence-corrected chi connectivity index (χ4v) is 5.16. The highest BCUT2D eigenvalue weighted by Crippen LogP contribution is 2.48. The number of aryl methyl sites for hydroxylation is 2. The number of ether oxygens (including phenoxy) is 2. The molecule has 7 nitrogen and oxygen atoms in total. The monoisotopic (exact) mass is 491 g/mol. The Kier molecular flexibility index (Phi) is 6.60. The van der Waals surface area contributed by atoms with Gasteiger partial charge in [0, 0.05) is 11.6 Å². The van der Waals surface area contributed by atoms with Gasteiger partial charge in [0.1, 0.15) is 11.9 Å². The second kappa shape index (κ2) is 9.84. The van der Waals surface area contributed by atoms with Gasteiger partial charge in [-0.2, -0.15) is 0 Å². The largest absolute Gasteiger partial charge is 0.484 e. The fraction of sp³-hybridized carbons (Fsp3) is 0.429. The Balaban J connectivity index is 1.43. The lowest BCUT2D eigenvalue weighted by molar-refractivity contribution is -0.142. The first-order valence-electron chi connectivity index (χ1n) is 12.5. The molecule has 3 aromatic rings. The van der Waals surface area contributed by atoms with Crippen molar-refractivity contribution in [1.29, 1.82) is 0 Å². The number of nitrogens with zero attached hydrogens (tertiary/aromatic N) is 3. The number of aliphatic carboxylic acids is 1. The summed E-state index contributed by atoms with van der Waals surface area (Å²) in [7, 11) is 1.48. The summed E-state index contributed by atoms with van der Waals surface area (Å²) in [6.45, 7) is 3.75. The van der Waals surface area contributed by atoms with Crippen molar-refractivity contribution < 1.29 is 23.8 Å². The summed E-state index contributed by atoms with van der Waals surface area (Å²) in [5.74, 6) is -0.225. The number of halogens is 1. The molecule has 1 N–H and O–H groups in total. The Bertz CT molecular complexity index is 1290. The average Bonchev–Trinajstić information content (AvgIpc) is 3.73. The molecule has 5 rings (SSSR count). The van der Waals surface area contributed by atoms with Crippen molar-refractivity contribution in [1.82, 2.24) is 15.0 Å². The van der Waals surface area contributed by atoms with Gasteiger partial charge in [0.2, 0.25) is 5.88 Å². The van der Waals surface area contributed by atoms with Gasteiger partial charge in [-0.1, -0.05) is 26.0 Å². The highest BCUT2D eigenvalue weighted by atomic mass is 19.1. The number of carboxylic acids is 1. The van der Waals surface area contributed by atoms with E-state index in [2.05, 4.69) is 22.1 Å². The molecular weight excluding hydrogens is 461 g/mol. The van der Waals surface area contributed by atoms with Gasteiger partial charge in [-0.15, -0.1) is 0 Å². The first-order valence-corrected chi connectivity index (χ1v) is 12.5. The molecule has 1 fully saturated rings. The molecule has 1 saturated carbocycles. The number of fused-ring (bicyclic) bond motifs is 1. The molecule has 36 heavy (non-hydrogen) atoms. The zero-order valence-corrected chi connectivity index (χ0v) is 20.7. The molecule has 0 amide bonds. The summed E-state index contributed by atoms with van der Waals surface area (Å²) < 4.78 is 26.1. The van der Waals surface area contributed by atoms with Crippen LogP contribution in [0, 0.1) is 17.7 Å². The lowest BCUT2D eigenvalue weighted by atomic mass is 9.82. The standard InChI is InChI=1S/C28H30FN3O4/c1-4-21-27(19-12-25(35-3)30-13-20(19)29)31-14-22(32-21)23-10-9-16-5-8-18(11-24(16)36-23)26(17-6-7-17)15(2)28(33)34/h5,8,11-15,17,23,26H,4,6-7,9-10H2,1-3H3,(H,33,34)/t15-,23-,26-/m0/s1. The Morgan fingerprint density at radius 1 is 1.22 bits per heavy atom. The number of hydrogen-bond acceptors (Lipinski definition) is 6. The molecule has 0 unspecified atom stereocenters. The Morgan fingerprint density at radius 2 is 2.03 bits per heavy atom. The third-order valence-corrected chi connectivity index (χ3v) is 7.30. The first kappa shape index (κ1) is 24.2. The van der Waals surface area contributed by atoms with E-state index in [-0.39, 0.29) is 12.0 Å². The highest BCUT2D eigenvalue weighted by molar-refractivity contribution is 5.71. The Hall–Kier alpha value is -3.55. The van der Waals surface area contributed by atoms with E-state index in [9.17, 15) is 14.3 Å². The molecule has 188 valence electrons. The number of carboxylic acid groups (broad SMARTS) is 1. The maximum Gasteiger partial charge on any atom is 0.306 e. The van der Waals surface area contributed by atoms with E-state index in [1.54, 1.807) is 13.1 Å². The maximum atomic E-state index is 14.6. The average molecular weight is 492 g/mol. The molecule has 0 saturated heterocycles. The van der Waals surface area contributed by atoms with E-state index in [1.165, 1.54) is 13.2 Å². The van der Waals surface area contributed by atoms with Crippen LogP contribution in [0.15, 0.2) is 36.7 Å². The smallest absolute Gasteiger partial charge is 0.306 e. The number of hydrogen-bond donors (Lipinski definition) is 1. The van der Waals surface area contributed by atoms with Crippen LogP contribution in [0.3, 0.4) is 0 Å². The molecule has 1 aliphatic carbocycles. The molecule has 8 heteroatoms. The van der Waals surface area contributed by atoms with Gasteiger partial charge in [0.05, 0.1) is 42.5 Å². The first-order chi connectivity index (χ1) is 17.4. The van der Waals surface area contributed by atoms with Crippen LogP contribution in [0.1, 0.15) is 67.6 Å². The van der Waals surface area contributed by atoms with Crippen LogP contribution in [-0.4, -0.2) is 33.1 Å². The summed E-state index contributed by atoms with van der Waals surface area (Å²) >= 11 is 0. The molecule has 1 aromatic carbocycles. The number of rotatable bonds is 8. The third kappa shape index (κ3) is 4.64. The number of aromatic nitrogens is 3. The third-order valence-electron chi connectivity index (χ3n) is 7.30. The van der Waals surface area contributed by atoms with E-state index < -0.39 is 17.7 Å². The van der Waals surface area contributed by atoms with Crippen molar-refractivity contribution in [3.8, 4) is 22.9 Å². The minimum Gasteiger partial charge on any atom is -0.484 e. The molecule has 1 aliphatic heterocycles. The summed E-state index contributed by atoms with van der Waals surface area (Å²) in [5.41, 5.74) is 4.27. The maximum absolute atomic E-state index is 14.6. The van der Waals surface area contributed by atoms with E-state index in [0.29, 0.717) is 40.9 Å². The quantitative estimate of drug-likeness (QED) is 0.443. The van der Waals surface area contributed by atoms with Crippen LogP contribution in [0.2, 0.25) is 0 Å². The van der Waals surface area contributed by atoms with Gasteiger partial charge in [-0.05, 0) is 61.1 Å². The predicted octanol–water partition coefficient (Wildman–Crippen LogP) is 5.53. The fourth-order valence-electron chi connectivity index (χ4n) is 5.16. The van der Waals surface area contributed by atoms with Crippen molar-refractivity contribution in [3.05, 3.63) is 65.0 Å². The number of carbonyl (C=O) groups is 1. The van der Waals surface area contributed by atoms with Gasteiger partial charge in [-0.25, -0.2) is 9.37 Å². The van der Waals surface area contributed by atoms with E-state index in [4.69, 9.17) is 14.5 Å². The highest BCUT2D eigenvalue weighted by Gasteiger charge is 2.39. The Morgan fingerprint density at radius 3 is 2.72 bits per heavy atom. The number of pyridine rings is 1. The second-order valence-electron chi connectivity index (χ2n) is 9.65. The topological polar surface area (TPSA) is 94.4 Å². The van der Waals surface area contributed by atoms with Gasteiger partial charge >= 0.3 is 5.97 Å². The van der Waals surface area contributed by atoms with Crippen LogP contribution in [0.4, 0.5) is 4.39 Å². The molecule has 0 radical (unpaired) electrons. The molecule has 0 bridgehead atoms. The zero-order valence-electron chi connectivity index (χ0n) is 20.7. The lowest BCUT2D eigenvalue weighted by Crippen LogP contribution is -2.22. The van der Waals surface area contributed by atoms with Gasteiger partial charge in [-0.3, -0.25) is 14.8 Å². The second-order valence-corrected chi connectivity index (χ2v) is 9.65. The van der Waals surface area contributed by atoms with Gasteiger partial charge in [0.25, 0.3) is 0 Å². The predicted molar refractivity (Wildman–Crippen MR) is 132 cm³/mol. The summed E-state index contributed by atoms with van der Waals surface area (Å²) in [5, 5.41) is 9.64. The molecule has 3 heterocycles. The van der Waals surface area contributed by atoms with Crippen LogP contribution in [0.25, 0.3) is 11.3 Å². The van der Waals surface area contributed by atoms with Crippen LogP contribution in [0.5, 0.6) is 11.6 Å². The summed E-state index contributed by atoms with van der Waals surface area (Å²) in [4.78, 5) is 25.0. The van der Waals surface area contributed by atoms with Crippen molar-refractivity contribution in [2.45, 2.75) is 58.0 Å². The molecule has 2 aromatic heterocycles. The van der Waals surface area contributed by atoms with Gasteiger partial charge in [0.15, 0.2) is 5.82 Å². The van der Waals surface area contributed by atoms with Gasteiger partial charge < -0.3 is 14.6 Å². The minimum atomic E-state index is -0.769. The van der Waals surface area contributed by atoms with Crippen LogP contribution < -0.4 is 9.47 Å². The lowest BCUT2D eigenvalue weighted by Gasteiger charge is -2.28. The van der Waals surface area contributed by atoms with Crippen LogP contribution >= 0.6 is 0 Å². The van der Waals surface area contributed by atoms with E-state index in [0.717, 1.165) is 48.8 Å². The molecule has 3 atom stereocenters. The van der Waals surface area contributed by atoms with Crippen molar-refractivity contribution in [3.63, 3.8) is 0 Å².